The summed E-state index contributed by atoms with van der Waals surface area (Å²) in [4.78, 5) is 10.6. The van der Waals surface area contributed by atoms with E-state index in [0.717, 1.165) is 11.8 Å². The van der Waals surface area contributed by atoms with Crippen LogP contribution < -0.4 is 4.74 Å². The van der Waals surface area contributed by atoms with Crippen molar-refractivity contribution in [2.24, 2.45) is 0 Å². The maximum Gasteiger partial charge on any atom is 0.150 e. The quantitative estimate of drug-likeness (QED) is 0.818. The highest BCUT2D eigenvalue weighted by Gasteiger charge is 1.97. The number of rotatable bonds is 4. The smallest absolute Gasteiger partial charge is 0.150 e. The summed E-state index contributed by atoms with van der Waals surface area (Å²) in [5.41, 5.74) is 1.55. The molecule has 17 heavy (non-hydrogen) atoms. The van der Waals surface area contributed by atoms with Crippen LogP contribution in [0.25, 0.3) is 0 Å². The van der Waals surface area contributed by atoms with Crippen LogP contribution in [-0.4, -0.2) is 11.4 Å². The first-order chi connectivity index (χ1) is 8.28. The Hall–Kier alpha value is -2.29. The van der Waals surface area contributed by atoms with E-state index in [-0.39, 0.29) is 5.75 Å². The molecule has 0 aliphatic heterocycles. The molecule has 0 radical (unpaired) electrons. The van der Waals surface area contributed by atoms with Gasteiger partial charge in [0.15, 0.2) is 0 Å². The molecule has 0 atom stereocenters. The maximum absolute atomic E-state index is 10.6. The molecule has 0 aromatic heterocycles. The van der Waals surface area contributed by atoms with Gasteiger partial charge in [-0.1, -0.05) is 24.3 Å². The van der Waals surface area contributed by atoms with Crippen molar-refractivity contribution in [2.45, 2.75) is 6.61 Å². The lowest BCUT2D eigenvalue weighted by Gasteiger charge is -2.06. The fraction of sp³-hybridized carbons (Fsp3) is 0.0714. The number of benzene rings is 2. The first kappa shape index (κ1) is 11.2. The Kier molecular flexibility index (Phi) is 3.40. The van der Waals surface area contributed by atoms with Gasteiger partial charge < -0.3 is 9.84 Å². The third-order valence-electron chi connectivity index (χ3n) is 2.34. The van der Waals surface area contributed by atoms with Gasteiger partial charge in [0.1, 0.15) is 24.4 Å². The van der Waals surface area contributed by atoms with E-state index < -0.39 is 0 Å². The minimum absolute atomic E-state index is 0.233. The SMILES string of the molecule is O=Cc1cccc(OCc2ccc(O)cc2)c1. The zero-order chi connectivity index (χ0) is 12.1. The van der Waals surface area contributed by atoms with Gasteiger partial charge in [0.25, 0.3) is 0 Å². The molecule has 0 aliphatic rings. The molecule has 3 heteroatoms. The summed E-state index contributed by atoms with van der Waals surface area (Å²) >= 11 is 0. The van der Waals surface area contributed by atoms with Gasteiger partial charge in [0, 0.05) is 5.56 Å². The Morgan fingerprint density at radius 3 is 2.59 bits per heavy atom. The molecular formula is C14H12O3. The average molecular weight is 228 g/mol. The predicted octanol–water partition coefficient (Wildman–Crippen LogP) is 2.78. The lowest BCUT2D eigenvalue weighted by molar-refractivity contribution is 0.112. The van der Waals surface area contributed by atoms with Gasteiger partial charge in [-0.15, -0.1) is 0 Å². The van der Waals surface area contributed by atoms with Crippen LogP contribution in [0.4, 0.5) is 0 Å². The van der Waals surface area contributed by atoms with Crippen LogP contribution in [-0.2, 0) is 6.61 Å². The highest BCUT2D eigenvalue weighted by molar-refractivity contribution is 5.75. The van der Waals surface area contributed by atoms with Crippen molar-refractivity contribution in [3.05, 3.63) is 59.7 Å². The molecule has 0 spiro atoms. The van der Waals surface area contributed by atoms with Crippen molar-refractivity contribution in [3.8, 4) is 11.5 Å². The van der Waals surface area contributed by atoms with Crippen LogP contribution in [0, 0.1) is 0 Å². The van der Waals surface area contributed by atoms with Crippen LogP contribution >= 0.6 is 0 Å². The zero-order valence-corrected chi connectivity index (χ0v) is 9.17. The summed E-state index contributed by atoms with van der Waals surface area (Å²) in [5.74, 6) is 0.888. The third kappa shape index (κ3) is 3.08. The van der Waals surface area contributed by atoms with Crippen LogP contribution in [0.5, 0.6) is 11.5 Å². The average Bonchev–Trinajstić information content (AvgIpc) is 2.38. The zero-order valence-electron chi connectivity index (χ0n) is 9.17. The van der Waals surface area contributed by atoms with Crippen LogP contribution in [0.2, 0.25) is 0 Å². The van der Waals surface area contributed by atoms with E-state index in [0.29, 0.717) is 17.9 Å². The highest BCUT2D eigenvalue weighted by atomic mass is 16.5. The lowest BCUT2D eigenvalue weighted by Crippen LogP contribution is -1.95. The topological polar surface area (TPSA) is 46.5 Å². The largest absolute Gasteiger partial charge is 0.508 e. The Morgan fingerprint density at radius 1 is 1.12 bits per heavy atom. The standard InChI is InChI=1S/C14H12O3/c15-9-12-2-1-3-14(8-12)17-10-11-4-6-13(16)7-5-11/h1-9,16H,10H2. The van der Waals surface area contributed by atoms with Gasteiger partial charge in [0.2, 0.25) is 0 Å². The Labute approximate surface area is 99.3 Å². The number of aldehydes is 1. The van der Waals surface area contributed by atoms with E-state index in [2.05, 4.69) is 0 Å². The highest BCUT2D eigenvalue weighted by Crippen LogP contribution is 2.15. The Morgan fingerprint density at radius 2 is 1.88 bits per heavy atom. The molecule has 0 amide bonds. The number of phenols is 1. The molecule has 0 fully saturated rings. The summed E-state index contributed by atoms with van der Waals surface area (Å²) in [6.07, 6.45) is 0.785. The van der Waals surface area contributed by atoms with Crippen molar-refractivity contribution in [1.82, 2.24) is 0 Å². The van der Waals surface area contributed by atoms with E-state index in [1.807, 2.05) is 0 Å². The second kappa shape index (κ2) is 5.16. The minimum atomic E-state index is 0.233. The van der Waals surface area contributed by atoms with Crippen LogP contribution in [0.1, 0.15) is 15.9 Å². The van der Waals surface area contributed by atoms with Gasteiger partial charge in [-0.3, -0.25) is 4.79 Å². The van der Waals surface area contributed by atoms with Gasteiger partial charge in [-0.05, 0) is 29.8 Å². The van der Waals surface area contributed by atoms with Crippen molar-refractivity contribution >= 4 is 6.29 Å². The molecule has 3 nitrogen and oxygen atoms in total. The van der Waals surface area contributed by atoms with E-state index in [9.17, 15) is 4.79 Å². The summed E-state index contributed by atoms with van der Waals surface area (Å²) in [6.45, 7) is 0.405. The molecule has 0 saturated carbocycles. The van der Waals surface area contributed by atoms with E-state index in [4.69, 9.17) is 9.84 Å². The van der Waals surface area contributed by atoms with Crippen molar-refractivity contribution in [1.29, 1.82) is 0 Å². The molecule has 0 heterocycles. The first-order valence-corrected chi connectivity index (χ1v) is 5.24. The van der Waals surface area contributed by atoms with E-state index >= 15 is 0 Å². The molecular weight excluding hydrogens is 216 g/mol. The number of aromatic hydroxyl groups is 1. The van der Waals surface area contributed by atoms with Crippen LogP contribution in [0.15, 0.2) is 48.5 Å². The second-order valence-electron chi connectivity index (χ2n) is 3.65. The minimum Gasteiger partial charge on any atom is -0.508 e. The van der Waals surface area contributed by atoms with E-state index in [1.165, 1.54) is 0 Å². The summed E-state index contributed by atoms with van der Waals surface area (Å²) < 4.78 is 5.53. The van der Waals surface area contributed by atoms with Crippen molar-refractivity contribution < 1.29 is 14.6 Å². The molecule has 86 valence electrons. The van der Waals surface area contributed by atoms with Gasteiger partial charge in [-0.25, -0.2) is 0 Å². The number of hydrogen-bond acceptors (Lipinski definition) is 3. The van der Waals surface area contributed by atoms with E-state index in [1.54, 1.807) is 48.5 Å². The van der Waals surface area contributed by atoms with Gasteiger partial charge in [-0.2, -0.15) is 0 Å². The Bertz CT molecular complexity index is 503. The molecule has 0 unspecified atom stereocenters. The molecule has 0 saturated heterocycles. The van der Waals surface area contributed by atoms with Crippen molar-refractivity contribution in [3.63, 3.8) is 0 Å². The fourth-order valence-corrected chi connectivity index (χ4v) is 1.44. The molecule has 0 aliphatic carbocycles. The number of carbonyl (C=O) groups excluding carboxylic acids is 1. The summed E-state index contributed by atoms with van der Waals surface area (Å²) in [7, 11) is 0. The number of hydrogen-bond donors (Lipinski definition) is 1. The number of ether oxygens (including phenoxy) is 1. The normalized spacial score (nSPS) is 9.88. The maximum atomic E-state index is 10.6. The Balaban J connectivity index is 2.01. The first-order valence-electron chi connectivity index (χ1n) is 5.24. The summed E-state index contributed by atoms with van der Waals surface area (Å²) in [5, 5.41) is 9.13. The predicted molar refractivity (Wildman–Crippen MR) is 64.3 cm³/mol. The fourth-order valence-electron chi connectivity index (χ4n) is 1.44. The number of carbonyl (C=O) groups is 1. The van der Waals surface area contributed by atoms with Gasteiger partial charge >= 0.3 is 0 Å². The molecule has 0 bridgehead atoms. The van der Waals surface area contributed by atoms with Gasteiger partial charge in [0.05, 0.1) is 0 Å². The molecule has 2 aromatic rings. The second-order valence-corrected chi connectivity index (χ2v) is 3.65. The molecule has 2 rings (SSSR count). The summed E-state index contributed by atoms with van der Waals surface area (Å²) in [6, 6.07) is 13.8. The monoisotopic (exact) mass is 228 g/mol. The molecule has 1 N–H and O–H groups in total. The van der Waals surface area contributed by atoms with Crippen LogP contribution in [0.3, 0.4) is 0 Å². The lowest BCUT2D eigenvalue weighted by atomic mass is 10.2. The third-order valence-corrected chi connectivity index (χ3v) is 2.34. The van der Waals surface area contributed by atoms with Crippen molar-refractivity contribution in [2.75, 3.05) is 0 Å². The molecule has 2 aromatic carbocycles. The number of phenolic OH excluding ortho intramolecular Hbond substituents is 1.